The molecule has 0 saturated carbocycles. The number of carbonyl (C=O) groups excluding carboxylic acids is 1. The number of amides is 1. The van der Waals surface area contributed by atoms with Gasteiger partial charge in [0.2, 0.25) is 0 Å². The molecule has 150 valence electrons. The highest BCUT2D eigenvalue weighted by molar-refractivity contribution is 6.03. The van der Waals surface area contributed by atoms with E-state index in [0.717, 1.165) is 56.9 Å². The number of piperidine rings is 2. The van der Waals surface area contributed by atoms with Gasteiger partial charge in [-0.25, -0.2) is 4.68 Å². The quantitative estimate of drug-likeness (QED) is 0.832. The molecule has 0 bridgehead atoms. The Labute approximate surface area is 166 Å². The van der Waals surface area contributed by atoms with E-state index in [-0.39, 0.29) is 5.91 Å². The minimum atomic E-state index is -0.187. The van der Waals surface area contributed by atoms with Gasteiger partial charge in [0.1, 0.15) is 0 Å². The van der Waals surface area contributed by atoms with Crippen molar-refractivity contribution in [3.63, 3.8) is 0 Å². The first-order valence-corrected chi connectivity index (χ1v) is 10.5. The van der Waals surface area contributed by atoms with E-state index in [1.165, 1.54) is 24.8 Å². The van der Waals surface area contributed by atoms with Crippen LogP contribution in [0.1, 0.15) is 59.9 Å². The Morgan fingerprint density at radius 2 is 2.00 bits per heavy atom. The largest absolute Gasteiger partial charge is 0.321 e. The third-order valence-corrected chi connectivity index (χ3v) is 5.84. The highest BCUT2D eigenvalue weighted by Crippen LogP contribution is 2.21. The minimum absolute atomic E-state index is 0.187. The molecule has 28 heavy (non-hydrogen) atoms. The molecule has 3 heterocycles. The van der Waals surface area contributed by atoms with Crippen LogP contribution in [0.25, 0.3) is 0 Å². The number of rotatable bonds is 5. The summed E-state index contributed by atoms with van der Waals surface area (Å²) in [6.07, 6.45) is 5.93. The second-order valence-electron chi connectivity index (χ2n) is 7.94. The molecule has 0 atom stereocenters. The van der Waals surface area contributed by atoms with E-state index in [1.54, 1.807) is 0 Å². The molecule has 0 spiro atoms. The average molecular weight is 383 g/mol. The zero-order chi connectivity index (χ0) is 19.3. The molecule has 7 heteroatoms. The van der Waals surface area contributed by atoms with Crippen molar-refractivity contribution in [2.45, 2.75) is 51.6 Å². The number of hydrogen-bond acceptors (Lipinski definition) is 5. The Morgan fingerprint density at radius 3 is 2.79 bits per heavy atom. The van der Waals surface area contributed by atoms with Crippen molar-refractivity contribution in [2.24, 2.45) is 0 Å². The highest BCUT2D eigenvalue weighted by atomic mass is 16.2. The molecule has 2 saturated heterocycles. The number of hydrogen-bond donors (Lipinski definition) is 2. The number of nitrogens with zero attached hydrogens (tertiary/aromatic N) is 4. The van der Waals surface area contributed by atoms with Gasteiger partial charge in [0, 0.05) is 12.2 Å². The normalized spacial score (nSPS) is 18.9. The predicted molar refractivity (Wildman–Crippen MR) is 109 cm³/mol. The maximum atomic E-state index is 12.8. The van der Waals surface area contributed by atoms with E-state index in [9.17, 15) is 4.79 Å². The summed E-state index contributed by atoms with van der Waals surface area (Å²) in [6.45, 7) is 7.16. The van der Waals surface area contributed by atoms with E-state index in [2.05, 4.69) is 38.0 Å². The maximum absolute atomic E-state index is 12.8. The van der Waals surface area contributed by atoms with Gasteiger partial charge in [0.05, 0.1) is 11.7 Å². The van der Waals surface area contributed by atoms with E-state index >= 15 is 0 Å². The minimum Gasteiger partial charge on any atom is -0.321 e. The molecule has 0 unspecified atom stereocenters. The molecule has 1 aromatic carbocycles. The van der Waals surface area contributed by atoms with Gasteiger partial charge < -0.3 is 10.6 Å². The Balaban J connectivity index is 1.42. The van der Waals surface area contributed by atoms with Crippen molar-refractivity contribution >= 4 is 11.6 Å². The van der Waals surface area contributed by atoms with Crippen LogP contribution in [-0.2, 0) is 6.54 Å². The first-order valence-electron chi connectivity index (χ1n) is 10.5. The fourth-order valence-corrected chi connectivity index (χ4v) is 4.26. The number of anilines is 1. The van der Waals surface area contributed by atoms with Gasteiger partial charge in [-0.1, -0.05) is 23.8 Å². The summed E-state index contributed by atoms with van der Waals surface area (Å²) in [6, 6.07) is 8.46. The smallest absolute Gasteiger partial charge is 0.278 e. The topological polar surface area (TPSA) is 75.1 Å². The van der Waals surface area contributed by atoms with Gasteiger partial charge in [-0.2, -0.15) is 0 Å². The monoisotopic (exact) mass is 382 g/mol. The van der Waals surface area contributed by atoms with Crippen molar-refractivity contribution < 1.29 is 4.79 Å². The van der Waals surface area contributed by atoms with Crippen molar-refractivity contribution in [3.05, 3.63) is 41.2 Å². The molecule has 1 aromatic heterocycles. The zero-order valence-electron chi connectivity index (χ0n) is 16.7. The van der Waals surface area contributed by atoms with Crippen LogP contribution in [-0.4, -0.2) is 52.0 Å². The summed E-state index contributed by atoms with van der Waals surface area (Å²) in [5.74, 6) is -0.187. The second-order valence-corrected chi connectivity index (χ2v) is 7.94. The molecule has 1 amide bonds. The van der Waals surface area contributed by atoms with E-state index < -0.39 is 0 Å². The van der Waals surface area contributed by atoms with Crippen molar-refractivity contribution in [1.29, 1.82) is 0 Å². The van der Waals surface area contributed by atoms with Crippen molar-refractivity contribution in [2.75, 3.05) is 31.5 Å². The summed E-state index contributed by atoms with van der Waals surface area (Å²) in [4.78, 5) is 15.3. The number of likely N-dealkylation sites (tertiary alicyclic amines) is 1. The van der Waals surface area contributed by atoms with E-state index in [0.29, 0.717) is 11.7 Å². The second kappa shape index (κ2) is 8.84. The third-order valence-electron chi connectivity index (χ3n) is 5.84. The van der Waals surface area contributed by atoms with Crippen LogP contribution in [0.2, 0.25) is 0 Å². The molecule has 2 aliphatic heterocycles. The van der Waals surface area contributed by atoms with Crippen LogP contribution >= 0.6 is 0 Å². The Kier molecular flexibility index (Phi) is 6.02. The van der Waals surface area contributed by atoms with Crippen LogP contribution in [0.5, 0.6) is 0 Å². The number of benzene rings is 1. The Bertz CT molecular complexity index is 805. The van der Waals surface area contributed by atoms with Gasteiger partial charge in [0.25, 0.3) is 5.91 Å². The molecule has 2 aliphatic rings. The summed E-state index contributed by atoms with van der Waals surface area (Å²) in [7, 11) is 0. The van der Waals surface area contributed by atoms with Gasteiger partial charge in [0.15, 0.2) is 5.69 Å². The maximum Gasteiger partial charge on any atom is 0.278 e. The Morgan fingerprint density at radius 1 is 1.21 bits per heavy atom. The molecule has 2 N–H and O–H groups in total. The van der Waals surface area contributed by atoms with Crippen LogP contribution in [0.3, 0.4) is 0 Å². The summed E-state index contributed by atoms with van der Waals surface area (Å²) >= 11 is 0. The SMILES string of the molecule is Cc1c(C(=O)Nc2cccc(CN3CCCCC3)c2)nnn1C1CCNCC1. The molecule has 4 rings (SSSR count). The fraction of sp³-hybridized carbons (Fsp3) is 0.571. The highest BCUT2D eigenvalue weighted by Gasteiger charge is 2.23. The molecular weight excluding hydrogens is 352 g/mol. The lowest BCUT2D eigenvalue weighted by molar-refractivity contribution is 0.102. The van der Waals surface area contributed by atoms with Gasteiger partial charge in [-0.05, 0) is 76.5 Å². The first kappa shape index (κ1) is 19.1. The van der Waals surface area contributed by atoms with Crippen LogP contribution in [0, 0.1) is 6.92 Å². The molecule has 2 fully saturated rings. The molecule has 0 aliphatic carbocycles. The van der Waals surface area contributed by atoms with E-state index in [1.807, 2.05) is 23.7 Å². The average Bonchev–Trinajstić information content (AvgIpc) is 3.11. The van der Waals surface area contributed by atoms with Gasteiger partial charge in [-0.15, -0.1) is 5.10 Å². The lowest BCUT2D eigenvalue weighted by Gasteiger charge is -2.26. The van der Waals surface area contributed by atoms with E-state index in [4.69, 9.17) is 0 Å². The van der Waals surface area contributed by atoms with Gasteiger partial charge in [-0.3, -0.25) is 9.69 Å². The number of nitrogens with one attached hydrogen (secondary N) is 2. The fourth-order valence-electron chi connectivity index (χ4n) is 4.26. The summed E-state index contributed by atoms with van der Waals surface area (Å²) < 4.78 is 1.92. The molecule has 7 nitrogen and oxygen atoms in total. The van der Waals surface area contributed by atoms with Crippen LogP contribution < -0.4 is 10.6 Å². The molecular formula is C21H30N6O. The van der Waals surface area contributed by atoms with Crippen LogP contribution in [0.15, 0.2) is 24.3 Å². The third kappa shape index (κ3) is 4.42. The predicted octanol–water partition coefficient (Wildman–Crippen LogP) is 2.75. The number of carbonyl (C=O) groups is 1. The standard InChI is InChI=1S/C21H30N6O/c1-16-20(24-25-27(16)19-8-10-22-11-9-19)21(28)23-18-7-5-6-17(14-18)15-26-12-3-2-4-13-26/h5-7,14,19,22H,2-4,8-13,15H2,1H3,(H,23,28). The van der Waals surface area contributed by atoms with Gasteiger partial charge >= 0.3 is 0 Å². The Hall–Kier alpha value is -2.25. The lowest BCUT2D eigenvalue weighted by atomic mass is 10.1. The van der Waals surface area contributed by atoms with Crippen molar-refractivity contribution in [1.82, 2.24) is 25.2 Å². The summed E-state index contributed by atoms with van der Waals surface area (Å²) in [5.41, 5.74) is 3.30. The molecule has 0 radical (unpaired) electrons. The lowest BCUT2D eigenvalue weighted by Crippen LogP contribution is -2.30. The van der Waals surface area contributed by atoms with Crippen LogP contribution in [0.4, 0.5) is 5.69 Å². The summed E-state index contributed by atoms with van der Waals surface area (Å²) in [5, 5.41) is 14.8. The molecule has 2 aromatic rings. The number of aromatic nitrogens is 3. The van der Waals surface area contributed by atoms with Crippen molar-refractivity contribution in [3.8, 4) is 0 Å². The first-order chi connectivity index (χ1) is 13.7. The zero-order valence-corrected chi connectivity index (χ0v) is 16.7.